The highest BCUT2D eigenvalue weighted by atomic mass is 16.5. The molecule has 1 saturated carbocycles. The molecule has 1 fully saturated rings. The molecule has 0 saturated heterocycles. The molecule has 2 aromatic carbocycles. The first kappa shape index (κ1) is 23.3. The Kier molecular flexibility index (Phi) is 7.10. The summed E-state index contributed by atoms with van der Waals surface area (Å²) in [5.74, 6) is 0.0769. The van der Waals surface area contributed by atoms with Crippen molar-refractivity contribution in [2.24, 2.45) is 5.92 Å². The minimum Gasteiger partial charge on any atom is -0.497 e. The third-order valence-corrected chi connectivity index (χ3v) is 6.24. The van der Waals surface area contributed by atoms with Gasteiger partial charge >= 0.3 is 23.8 Å². The van der Waals surface area contributed by atoms with Crippen LogP contribution in [0.3, 0.4) is 0 Å². The molecular formula is C25H28N4O5. The van der Waals surface area contributed by atoms with Crippen molar-refractivity contribution in [3.8, 4) is 5.75 Å². The number of carboxylic acids is 1. The van der Waals surface area contributed by atoms with Crippen LogP contribution in [0.2, 0.25) is 0 Å². The van der Waals surface area contributed by atoms with Crippen molar-refractivity contribution in [3.63, 3.8) is 0 Å². The Labute approximate surface area is 197 Å². The lowest BCUT2D eigenvalue weighted by atomic mass is 9.77. The molecule has 1 aliphatic rings. The van der Waals surface area contributed by atoms with E-state index in [0.29, 0.717) is 11.6 Å². The largest absolute Gasteiger partial charge is 0.497 e. The molecule has 1 aromatic heterocycles. The van der Waals surface area contributed by atoms with Gasteiger partial charge in [-0.25, -0.2) is 0 Å². The highest BCUT2D eigenvalue weighted by molar-refractivity contribution is 6.00. The number of aryl methyl sites for hydroxylation is 1. The van der Waals surface area contributed by atoms with Crippen molar-refractivity contribution in [3.05, 3.63) is 59.5 Å². The van der Waals surface area contributed by atoms with Crippen molar-refractivity contribution in [1.29, 1.82) is 0 Å². The van der Waals surface area contributed by atoms with Crippen molar-refractivity contribution in [2.75, 3.05) is 17.7 Å². The second-order valence-corrected chi connectivity index (χ2v) is 8.61. The number of ether oxygens (including phenoxy) is 1. The average molecular weight is 465 g/mol. The molecule has 0 bridgehead atoms. The first-order valence-electron chi connectivity index (χ1n) is 11.3. The predicted octanol–water partition coefficient (Wildman–Crippen LogP) is 5.13. The van der Waals surface area contributed by atoms with Gasteiger partial charge in [-0.1, -0.05) is 17.2 Å². The summed E-state index contributed by atoms with van der Waals surface area (Å²) in [7, 11) is 1.60. The number of methoxy groups -OCH3 is 1. The molecule has 3 N–H and O–H groups in total. The number of nitrogens with one attached hydrogen (secondary N) is 2. The second kappa shape index (κ2) is 10.4. The van der Waals surface area contributed by atoms with Gasteiger partial charge in [-0.2, -0.15) is 0 Å². The molecule has 3 aromatic rings. The third-order valence-electron chi connectivity index (χ3n) is 6.24. The van der Waals surface area contributed by atoms with Crippen molar-refractivity contribution >= 4 is 29.3 Å². The Morgan fingerprint density at radius 3 is 2.47 bits per heavy atom. The van der Waals surface area contributed by atoms with Gasteiger partial charge in [0.1, 0.15) is 5.75 Å². The number of rotatable bonds is 8. The summed E-state index contributed by atoms with van der Waals surface area (Å²) in [6, 6.07) is 13.4. The summed E-state index contributed by atoms with van der Waals surface area (Å²) in [5.41, 5.74) is 3.53. The molecule has 1 aliphatic carbocycles. The monoisotopic (exact) mass is 464 g/mol. The molecule has 1 amide bonds. The molecule has 4 rings (SSSR count). The van der Waals surface area contributed by atoms with Gasteiger partial charge in [0, 0.05) is 17.8 Å². The van der Waals surface area contributed by atoms with Crippen LogP contribution in [-0.4, -0.2) is 34.3 Å². The van der Waals surface area contributed by atoms with Crippen molar-refractivity contribution < 1.29 is 23.8 Å². The van der Waals surface area contributed by atoms with Gasteiger partial charge in [0.15, 0.2) is 0 Å². The lowest BCUT2D eigenvalue weighted by Gasteiger charge is -2.28. The van der Waals surface area contributed by atoms with Gasteiger partial charge in [-0.15, -0.1) is 5.10 Å². The van der Waals surface area contributed by atoms with Crippen molar-refractivity contribution in [2.45, 2.75) is 44.9 Å². The number of carboxylic acid groups (broad SMARTS) is 1. The van der Waals surface area contributed by atoms with Gasteiger partial charge in [0.25, 0.3) is 0 Å². The van der Waals surface area contributed by atoms with Crippen LogP contribution in [0.1, 0.15) is 59.8 Å². The van der Waals surface area contributed by atoms with Crippen LogP contribution in [0.15, 0.2) is 46.9 Å². The lowest BCUT2D eigenvalue weighted by molar-refractivity contribution is -0.138. The van der Waals surface area contributed by atoms with Crippen molar-refractivity contribution in [1.82, 2.24) is 10.2 Å². The van der Waals surface area contributed by atoms with Crippen LogP contribution < -0.4 is 15.4 Å². The van der Waals surface area contributed by atoms with E-state index in [9.17, 15) is 9.59 Å². The predicted molar refractivity (Wildman–Crippen MR) is 127 cm³/mol. The van der Waals surface area contributed by atoms with Crippen LogP contribution >= 0.6 is 0 Å². The summed E-state index contributed by atoms with van der Waals surface area (Å²) in [4.78, 5) is 23.4. The summed E-state index contributed by atoms with van der Waals surface area (Å²) >= 11 is 0. The van der Waals surface area contributed by atoms with E-state index in [4.69, 9.17) is 14.3 Å². The maximum Gasteiger partial charge on any atom is 0.320 e. The Balaban J connectivity index is 1.32. The molecule has 0 spiro atoms. The number of aromatic nitrogens is 2. The third kappa shape index (κ3) is 5.72. The van der Waals surface area contributed by atoms with E-state index in [1.54, 1.807) is 7.11 Å². The minimum absolute atomic E-state index is 0.118. The zero-order chi connectivity index (χ0) is 24.1. The molecule has 178 valence electrons. The number of hydrogen-bond donors (Lipinski definition) is 3. The van der Waals surface area contributed by atoms with E-state index in [2.05, 4.69) is 20.8 Å². The zero-order valence-electron chi connectivity index (χ0n) is 19.2. The van der Waals surface area contributed by atoms with Gasteiger partial charge in [-0.05, 0) is 85.9 Å². The molecule has 0 unspecified atom stereocenters. The molecule has 0 aliphatic heterocycles. The highest BCUT2D eigenvalue weighted by Crippen LogP contribution is 2.37. The van der Waals surface area contributed by atoms with Crippen LogP contribution in [0.5, 0.6) is 5.75 Å². The normalized spacial score (nSPS) is 17.7. The number of nitrogens with zero attached hydrogens (tertiary/aromatic N) is 2. The fourth-order valence-corrected chi connectivity index (χ4v) is 4.35. The Morgan fingerprint density at radius 2 is 1.82 bits per heavy atom. The number of hydrogen-bond acceptors (Lipinski definition) is 7. The van der Waals surface area contributed by atoms with E-state index in [1.807, 2.05) is 49.4 Å². The summed E-state index contributed by atoms with van der Waals surface area (Å²) in [6.07, 6.45) is 4.08. The Bertz CT molecular complexity index is 1150. The fraction of sp³-hybridized carbons (Fsp3) is 0.360. The number of carbonyl (C=O) groups excluding carboxylic acids is 1. The highest BCUT2D eigenvalue weighted by Gasteiger charge is 2.24. The molecule has 34 heavy (non-hydrogen) atoms. The standard InChI is InChI=1S/C25H28N4O5/c1-15-13-20(33-2)11-12-21(15)27-25-29-28-24(34-25)23(32)26-19-9-7-18(8-10-19)17-5-3-16(4-6-17)14-22(30)31/h7-13,16-17H,3-6,14H2,1-2H3,(H,26,32)(H,27,29)(H,30,31). The maximum absolute atomic E-state index is 12.5. The molecule has 0 atom stereocenters. The molecule has 0 radical (unpaired) electrons. The molecule has 9 heteroatoms. The van der Waals surface area contributed by atoms with Crippen LogP contribution in [0.25, 0.3) is 0 Å². The average Bonchev–Trinajstić information content (AvgIpc) is 3.30. The quantitative estimate of drug-likeness (QED) is 0.419. The van der Waals surface area contributed by atoms with E-state index in [-0.39, 0.29) is 24.2 Å². The molecular weight excluding hydrogens is 436 g/mol. The molecule has 1 heterocycles. The van der Waals surface area contributed by atoms with Crippen LogP contribution in [0.4, 0.5) is 17.4 Å². The summed E-state index contributed by atoms with van der Waals surface area (Å²) in [6.45, 7) is 1.92. The first-order chi connectivity index (χ1) is 16.4. The van der Waals surface area contributed by atoms with E-state index in [1.165, 1.54) is 5.56 Å². The number of benzene rings is 2. The maximum atomic E-state index is 12.5. The van der Waals surface area contributed by atoms with Crippen LogP contribution in [-0.2, 0) is 4.79 Å². The number of aliphatic carboxylic acids is 1. The Morgan fingerprint density at radius 1 is 1.09 bits per heavy atom. The minimum atomic E-state index is -0.719. The van der Waals surface area contributed by atoms with E-state index in [0.717, 1.165) is 42.7 Å². The fourth-order valence-electron chi connectivity index (χ4n) is 4.35. The lowest BCUT2D eigenvalue weighted by Crippen LogP contribution is -2.16. The topological polar surface area (TPSA) is 127 Å². The van der Waals surface area contributed by atoms with E-state index < -0.39 is 11.9 Å². The smallest absolute Gasteiger partial charge is 0.320 e. The summed E-state index contributed by atoms with van der Waals surface area (Å²) < 4.78 is 10.7. The van der Waals surface area contributed by atoms with Crippen LogP contribution in [0, 0.1) is 12.8 Å². The zero-order valence-corrected chi connectivity index (χ0v) is 19.2. The SMILES string of the molecule is COc1ccc(Nc2nnc(C(=O)Nc3ccc(C4CCC(CC(=O)O)CC4)cc3)o2)c(C)c1. The van der Waals surface area contributed by atoms with Gasteiger partial charge in [-0.3, -0.25) is 9.59 Å². The number of carbonyl (C=O) groups is 2. The van der Waals surface area contributed by atoms with Gasteiger partial charge in [0.05, 0.1) is 7.11 Å². The number of anilines is 3. The Hall–Kier alpha value is -3.88. The van der Waals surface area contributed by atoms with E-state index >= 15 is 0 Å². The summed E-state index contributed by atoms with van der Waals surface area (Å²) in [5, 5.41) is 22.5. The van der Waals surface area contributed by atoms with Gasteiger partial charge in [0.2, 0.25) is 0 Å². The molecule has 9 nitrogen and oxygen atoms in total. The number of amides is 1. The second-order valence-electron chi connectivity index (χ2n) is 8.61. The van der Waals surface area contributed by atoms with Gasteiger partial charge < -0.3 is 24.9 Å². The first-order valence-corrected chi connectivity index (χ1v) is 11.3.